The zero-order valence-corrected chi connectivity index (χ0v) is 9.42. The molecular weight excluding hydrogens is 176 g/mol. The summed E-state index contributed by atoms with van der Waals surface area (Å²) in [5.41, 5.74) is 0. The molecule has 14 heavy (non-hydrogen) atoms. The van der Waals surface area contributed by atoms with Crippen LogP contribution in [0.15, 0.2) is 0 Å². The van der Waals surface area contributed by atoms with Gasteiger partial charge in [0.1, 0.15) is 6.10 Å². The van der Waals surface area contributed by atoms with E-state index in [1.807, 2.05) is 0 Å². The molecule has 1 saturated heterocycles. The van der Waals surface area contributed by atoms with Gasteiger partial charge in [-0.15, -0.1) is 0 Å². The molecule has 0 radical (unpaired) electrons. The maximum absolute atomic E-state index is 11.2. The lowest BCUT2D eigenvalue weighted by Crippen LogP contribution is -2.28. The normalized spacial score (nSPS) is 27.4. The molecule has 2 nitrogen and oxygen atoms in total. The summed E-state index contributed by atoms with van der Waals surface area (Å²) in [6.45, 7) is 4.35. The lowest BCUT2D eigenvalue weighted by Gasteiger charge is -2.26. The summed E-state index contributed by atoms with van der Waals surface area (Å²) in [5.74, 6) is 0.525. The minimum absolute atomic E-state index is 0.00393. The second kappa shape index (κ2) is 6.05. The average molecular weight is 198 g/mol. The van der Waals surface area contributed by atoms with Crippen LogP contribution in [0.4, 0.5) is 0 Å². The van der Waals surface area contributed by atoms with Gasteiger partial charge in [0.15, 0.2) is 0 Å². The molecule has 0 bridgehead atoms. The first-order valence-corrected chi connectivity index (χ1v) is 5.91. The molecule has 0 aromatic heterocycles. The lowest BCUT2D eigenvalue weighted by atomic mass is 9.94. The van der Waals surface area contributed by atoms with Crippen molar-refractivity contribution in [3.05, 3.63) is 0 Å². The third-order valence-electron chi connectivity index (χ3n) is 2.86. The first kappa shape index (κ1) is 11.5. The van der Waals surface area contributed by atoms with Gasteiger partial charge in [0.2, 0.25) is 0 Å². The van der Waals surface area contributed by atoms with E-state index in [0.29, 0.717) is 12.3 Å². The first-order valence-electron chi connectivity index (χ1n) is 5.91. The SMILES string of the molecule is CCCCCCC1CC(C)CC(=O)O1. The number of esters is 1. The number of carbonyl (C=O) groups is 1. The highest BCUT2D eigenvalue weighted by atomic mass is 16.5. The van der Waals surface area contributed by atoms with Gasteiger partial charge in [0.05, 0.1) is 0 Å². The molecule has 2 atom stereocenters. The van der Waals surface area contributed by atoms with Crippen molar-refractivity contribution in [3.63, 3.8) is 0 Å². The van der Waals surface area contributed by atoms with Gasteiger partial charge in [-0.25, -0.2) is 0 Å². The van der Waals surface area contributed by atoms with Crippen LogP contribution in [0.1, 0.15) is 58.8 Å². The fraction of sp³-hybridized carbons (Fsp3) is 0.917. The monoisotopic (exact) mass is 198 g/mol. The molecule has 1 rings (SSSR count). The molecule has 1 fully saturated rings. The van der Waals surface area contributed by atoms with Gasteiger partial charge >= 0.3 is 5.97 Å². The molecule has 82 valence electrons. The summed E-state index contributed by atoms with van der Waals surface area (Å²) in [4.78, 5) is 11.2. The van der Waals surface area contributed by atoms with Crippen LogP contribution in [0.5, 0.6) is 0 Å². The maximum Gasteiger partial charge on any atom is 0.306 e. The van der Waals surface area contributed by atoms with Gasteiger partial charge < -0.3 is 4.74 Å². The molecule has 0 amide bonds. The summed E-state index contributed by atoms with van der Waals surface area (Å²) >= 11 is 0. The van der Waals surface area contributed by atoms with E-state index in [9.17, 15) is 4.79 Å². The third kappa shape index (κ3) is 4.12. The van der Waals surface area contributed by atoms with E-state index in [1.165, 1.54) is 25.7 Å². The smallest absolute Gasteiger partial charge is 0.306 e. The largest absolute Gasteiger partial charge is 0.462 e. The van der Waals surface area contributed by atoms with Crippen molar-refractivity contribution in [2.45, 2.75) is 64.9 Å². The molecule has 1 heterocycles. The Kier molecular flexibility index (Phi) is 4.99. The van der Waals surface area contributed by atoms with Crippen LogP contribution in [-0.2, 0) is 9.53 Å². The van der Waals surface area contributed by atoms with Crippen molar-refractivity contribution < 1.29 is 9.53 Å². The number of cyclic esters (lactones) is 1. The second-order valence-electron chi connectivity index (χ2n) is 4.51. The summed E-state index contributed by atoms with van der Waals surface area (Å²) < 4.78 is 5.30. The van der Waals surface area contributed by atoms with Crippen LogP contribution in [0.2, 0.25) is 0 Å². The van der Waals surface area contributed by atoms with E-state index in [-0.39, 0.29) is 12.1 Å². The van der Waals surface area contributed by atoms with Gasteiger partial charge in [0.25, 0.3) is 0 Å². The van der Waals surface area contributed by atoms with E-state index in [0.717, 1.165) is 12.8 Å². The Morgan fingerprint density at radius 2 is 2.14 bits per heavy atom. The van der Waals surface area contributed by atoms with Crippen molar-refractivity contribution in [1.82, 2.24) is 0 Å². The number of hydrogen-bond donors (Lipinski definition) is 0. The highest BCUT2D eigenvalue weighted by Gasteiger charge is 2.24. The number of hydrogen-bond acceptors (Lipinski definition) is 2. The van der Waals surface area contributed by atoms with Gasteiger partial charge in [0, 0.05) is 6.42 Å². The fourth-order valence-electron chi connectivity index (χ4n) is 2.07. The predicted molar refractivity (Wildman–Crippen MR) is 57.0 cm³/mol. The van der Waals surface area contributed by atoms with Crippen LogP contribution < -0.4 is 0 Å². The molecule has 0 N–H and O–H groups in total. The molecule has 1 aliphatic rings. The van der Waals surface area contributed by atoms with E-state index in [2.05, 4.69) is 13.8 Å². The first-order chi connectivity index (χ1) is 6.72. The number of carbonyl (C=O) groups excluding carboxylic acids is 1. The minimum atomic E-state index is 0.00393. The zero-order valence-electron chi connectivity index (χ0n) is 9.42. The molecule has 0 aromatic carbocycles. The maximum atomic E-state index is 11.2. The highest BCUT2D eigenvalue weighted by molar-refractivity contribution is 5.70. The van der Waals surface area contributed by atoms with Crippen LogP contribution in [0.3, 0.4) is 0 Å². The lowest BCUT2D eigenvalue weighted by molar-refractivity contribution is -0.156. The standard InChI is InChI=1S/C12H22O2/c1-3-4-5-6-7-11-8-10(2)9-12(13)14-11/h10-11H,3-9H2,1-2H3. The summed E-state index contributed by atoms with van der Waals surface area (Å²) in [5, 5.41) is 0. The topological polar surface area (TPSA) is 26.3 Å². The quantitative estimate of drug-likeness (QED) is 0.500. The average Bonchev–Trinajstić information content (AvgIpc) is 2.11. The molecule has 2 unspecified atom stereocenters. The zero-order chi connectivity index (χ0) is 10.4. The van der Waals surface area contributed by atoms with Crippen LogP contribution in [-0.4, -0.2) is 12.1 Å². The van der Waals surface area contributed by atoms with E-state index >= 15 is 0 Å². The molecule has 1 aliphatic heterocycles. The Morgan fingerprint density at radius 3 is 2.79 bits per heavy atom. The van der Waals surface area contributed by atoms with Gasteiger partial charge in [-0.1, -0.05) is 33.1 Å². The summed E-state index contributed by atoms with van der Waals surface area (Å²) in [7, 11) is 0. The fourth-order valence-corrected chi connectivity index (χ4v) is 2.07. The predicted octanol–water partition coefficient (Wildman–Crippen LogP) is 3.30. The molecule has 0 spiro atoms. The van der Waals surface area contributed by atoms with Crippen LogP contribution in [0, 0.1) is 5.92 Å². The van der Waals surface area contributed by atoms with Crippen LogP contribution >= 0.6 is 0 Å². The molecule has 0 aromatic rings. The Hall–Kier alpha value is -0.530. The molecule has 0 saturated carbocycles. The molecular formula is C12H22O2. The molecule has 2 heteroatoms. The summed E-state index contributed by atoms with van der Waals surface area (Å²) in [6.07, 6.45) is 8.01. The third-order valence-corrected chi connectivity index (χ3v) is 2.86. The van der Waals surface area contributed by atoms with Gasteiger partial charge in [-0.2, -0.15) is 0 Å². The van der Waals surface area contributed by atoms with Crippen molar-refractivity contribution in [1.29, 1.82) is 0 Å². The highest BCUT2D eigenvalue weighted by Crippen LogP contribution is 2.24. The Morgan fingerprint density at radius 1 is 1.36 bits per heavy atom. The Bertz CT molecular complexity index is 177. The molecule has 0 aliphatic carbocycles. The number of rotatable bonds is 5. The number of ether oxygens (including phenoxy) is 1. The van der Waals surface area contributed by atoms with Crippen molar-refractivity contribution in [2.24, 2.45) is 5.92 Å². The van der Waals surface area contributed by atoms with Crippen molar-refractivity contribution in [3.8, 4) is 0 Å². The van der Waals surface area contributed by atoms with Gasteiger partial charge in [-0.3, -0.25) is 4.79 Å². The van der Waals surface area contributed by atoms with E-state index < -0.39 is 0 Å². The Balaban J connectivity index is 2.14. The number of unbranched alkanes of at least 4 members (excludes halogenated alkanes) is 3. The Labute approximate surface area is 87.0 Å². The summed E-state index contributed by atoms with van der Waals surface area (Å²) in [6, 6.07) is 0. The van der Waals surface area contributed by atoms with Crippen molar-refractivity contribution in [2.75, 3.05) is 0 Å². The minimum Gasteiger partial charge on any atom is -0.462 e. The van der Waals surface area contributed by atoms with Crippen molar-refractivity contribution >= 4 is 5.97 Å². The van der Waals surface area contributed by atoms with Crippen LogP contribution in [0.25, 0.3) is 0 Å². The van der Waals surface area contributed by atoms with Gasteiger partial charge in [-0.05, 0) is 25.2 Å². The van der Waals surface area contributed by atoms with E-state index in [4.69, 9.17) is 4.74 Å². The van der Waals surface area contributed by atoms with E-state index in [1.54, 1.807) is 0 Å². The second-order valence-corrected chi connectivity index (χ2v) is 4.51.